The number of carbonyl (C=O) groups is 1. The predicted octanol–water partition coefficient (Wildman–Crippen LogP) is 2.22. The van der Waals surface area contributed by atoms with Crippen LogP contribution in [0.25, 0.3) is 0 Å². The molecule has 1 aromatic rings. The van der Waals surface area contributed by atoms with Gasteiger partial charge in [-0.2, -0.15) is 0 Å². The monoisotopic (exact) mass is 277 g/mol. The van der Waals surface area contributed by atoms with Crippen molar-refractivity contribution in [2.75, 3.05) is 33.9 Å². The number of esters is 1. The molecule has 0 amide bonds. The van der Waals surface area contributed by atoms with Crippen LogP contribution >= 0.6 is 0 Å². The second-order valence-corrected chi connectivity index (χ2v) is 5.33. The summed E-state index contributed by atoms with van der Waals surface area (Å²) in [5.41, 5.74) is 0.527. The zero-order chi connectivity index (χ0) is 14.6. The van der Waals surface area contributed by atoms with Gasteiger partial charge < -0.3 is 14.4 Å². The number of ether oxygens (including phenoxy) is 2. The van der Waals surface area contributed by atoms with Crippen molar-refractivity contribution < 1.29 is 14.3 Å². The van der Waals surface area contributed by atoms with Gasteiger partial charge in [-0.25, -0.2) is 0 Å². The largest absolute Gasteiger partial charge is 0.497 e. The molecule has 0 aliphatic carbocycles. The average molecular weight is 277 g/mol. The lowest BCUT2D eigenvalue weighted by molar-refractivity contribution is -0.152. The summed E-state index contributed by atoms with van der Waals surface area (Å²) in [5.74, 6) is 0.707. The first kappa shape index (κ1) is 14.9. The molecule has 0 radical (unpaired) electrons. The van der Waals surface area contributed by atoms with E-state index < -0.39 is 5.41 Å². The third-order valence-electron chi connectivity index (χ3n) is 4.15. The second kappa shape index (κ2) is 6.27. The van der Waals surface area contributed by atoms with E-state index in [9.17, 15) is 4.79 Å². The normalized spacial score (nSPS) is 18.6. The van der Waals surface area contributed by atoms with Gasteiger partial charge in [0.15, 0.2) is 0 Å². The van der Waals surface area contributed by atoms with Gasteiger partial charge in [0.05, 0.1) is 19.1 Å². The van der Waals surface area contributed by atoms with Crippen molar-refractivity contribution in [2.45, 2.75) is 25.2 Å². The van der Waals surface area contributed by atoms with Crippen molar-refractivity contribution in [3.63, 3.8) is 0 Å². The standard InChI is InChI=1S/C16H23NO3/c1-4-20-15(18)16(9-11-17(2)12-10-16)13-5-7-14(19-3)8-6-13/h5-8H,4,9-12H2,1-3H3. The van der Waals surface area contributed by atoms with E-state index in [4.69, 9.17) is 9.47 Å². The van der Waals surface area contributed by atoms with Crippen molar-refractivity contribution in [1.82, 2.24) is 4.90 Å². The number of piperidine rings is 1. The molecule has 0 aromatic heterocycles. The molecule has 20 heavy (non-hydrogen) atoms. The molecule has 1 fully saturated rings. The molecule has 0 saturated carbocycles. The molecule has 1 heterocycles. The summed E-state index contributed by atoms with van der Waals surface area (Å²) in [5, 5.41) is 0. The highest BCUT2D eigenvalue weighted by Gasteiger charge is 2.43. The maximum atomic E-state index is 12.5. The number of carbonyl (C=O) groups excluding carboxylic acids is 1. The number of hydrogen-bond donors (Lipinski definition) is 0. The van der Waals surface area contributed by atoms with Crippen LogP contribution in [-0.2, 0) is 14.9 Å². The molecule has 0 bridgehead atoms. The Balaban J connectivity index is 2.32. The van der Waals surface area contributed by atoms with Crippen LogP contribution in [0.4, 0.5) is 0 Å². The molecule has 1 aliphatic heterocycles. The quantitative estimate of drug-likeness (QED) is 0.791. The first-order valence-corrected chi connectivity index (χ1v) is 7.12. The van der Waals surface area contributed by atoms with E-state index in [0.29, 0.717) is 6.61 Å². The van der Waals surface area contributed by atoms with Gasteiger partial charge in [0.1, 0.15) is 5.75 Å². The highest BCUT2D eigenvalue weighted by Crippen LogP contribution is 2.37. The molecule has 2 rings (SSSR count). The van der Waals surface area contributed by atoms with Gasteiger partial charge in [-0.15, -0.1) is 0 Å². The van der Waals surface area contributed by atoms with Crippen LogP contribution in [0.1, 0.15) is 25.3 Å². The van der Waals surface area contributed by atoms with Crippen LogP contribution in [0.2, 0.25) is 0 Å². The molecule has 1 aliphatic rings. The van der Waals surface area contributed by atoms with Gasteiger partial charge in [0, 0.05) is 0 Å². The van der Waals surface area contributed by atoms with E-state index >= 15 is 0 Å². The fourth-order valence-corrected chi connectivity index (χ4v) is 2.79. The zero-order valence-electron chi connectivity index (χ0n) is 12.5. The first-order chi connectivity index (χ1) is 9.62. The zero-order valence-corrected chi connectivity index (χ0v) is 12.5. The lowest BCUT2D eigenvalue weighted by atomic mass is 9.73. The van der Waals surface area contributed by atoms with Crippen LogP contribution in [0.5, 0.6) is 5.75 Å². The Morgan fingerprint density at radius 3 is 2.35 bits per heavy atom. The van der Waals surface area contributed by atoms with Crippen molar-refractivity contribution >= 4 is 5.97 Å². The summed E-state index contributed by atoms with van der Waals surface area (Å²) < 4.78 is 10.5. The topological polar surface area (TPSA) is 38.8 Å². The Bertz CT molecular complexity index is 447. The lowest BCUT2D eigenvalue weighted by Crippen LogP contribution is -2.47. The van der Waals surface area contributed by atoms with Crippen LogP contribution in [0.3, 0.4) is 0 Å². The Hall–Kier alpha value is -1.55. The van der Waals surface area contributed by atoms with Crippen molar-refractivity contribution in [2.24, 2.45) is 0 Å². The van der Waals surface area contributed by atoms with E-state index in [0.717, 1.165) is 37.2 Å². The van der Waals surface area contributed by atoms with Crippen molar-refractivity contribution in [3.05, 3.63) is 29.8 Å². The molecular formula is C16H23NO3. The first-order valence-electron chi connectivity index (χ1n) is 7.12. The van der Waals surface area contributed by atoms with Gasteiger partial charge in [-0.3, -0.25) is 4.79 Å². The third-order valence-corrected chi connectivity index (χ3v) is 4.15. The summed E-state index contributed by atoms with van der Waals surface area (Å²) in [4.78, 5) is 14.8. The highest BCUT2D eigenvalue weighted by atomic mass is 16.5. The van der Waals surface area contributed by atoms with E-state index in [1.807, 2.05) is 31.2 Å². The maximum Gasteiger partial charge on any atom is 0.316 e. The van der Waals surface area contributed by atoms with E-state index in [1.54, 1.807) is 7.11 Å². The van der Waals surface area contributed by atoms with E-state index in [1.165, 1.54) is 0 Å². The molecule has 0 unspecified atom stereocenters. The van der Waals surface area contributed by atoms with Crippen molar-refractivity contribution in [1.29, 1.82) is 0 Å². The SMILES string of the molecule is CCOC(=O)C1(c2ccc(OC)cc2)CCN(C)CC1. The Labute approximate surface area is 120 Å². The summed E-state index contributed by atoms with van der Waals surface area (Å²) in [6, 6.07) is 7.80. The summed E-state index contributed by atoms with van der Waals surface area (Å²) in [6.45, 7) is 4.09. The number of hydrogen-bond acceptors (Lipinski definition) is 4. The van der Waals surface area contributed by atoms with E-state index in [2.05, 4.69) is 11.9 Å². The smallest absolute Gasteiger partial charge is 0.316 e. The Kier molecular flexibility index (Phi) is 4.65. The Morgan fingerprint density at radius 1 is 1.25 bits per heavy atom. The fraction of sp³-hybridized carbons (Fsp3) is 0.562. The van der Waals surface area contributed by atoms with Gasteiger partial charge in [-0.05, 0) is 57.6 Å². The van der Waals surface area contributed by atoms with Crippen LogP contribution in [0.15, 0.2) is 24.3 Å². The van der Waals surface area contributed by atoms with E-state index in [-0.39, 0.29) is 5.97 Å². The van der Waals surface area contributed by atoms with Gasteiger partial charge in [-0.1, -0.05) is 12.1 Å². The lowest BCUT2D eigenvalue weighted by Gasteiger charge is -2.39. The second-order valence-electron chi connectivity index (χ2n) is 5.33. The number of benzene rings is 1. The molecule has 0 spiro atoms. The van der Waals surface area contributed by atoms with Crippen molar-refractivity contribution in [3.8, 4) is 5.75 Å². The predicted molar refractivity (Wildman–Crippen MR) is 78.0 cm³/mol. The number of nitrogens with zero attached hydrogens (tertiary/aromatic N) is 1. The highest BCUT2D eigenvalue weighted by molar-refractivity contribution is 5.83. The molecule has 0 atom stereocenters. The number of likely N-dealkylation sites (tertiary alicyclic amines) is 1. The molecule has 4 heteroatoms. The minimum atomic E-state index is -0.505. The van der Waals surface area contributed by atoms with Gasteiger partial charge in [0.2, 0.25) is 0 Å². The minimum Gasteiger partial charge on any atom is -0.497 e. The van der Waals surface area contributed by atoms with Gasteiger partial charge >= 0.3 is 5.97 Å². The minimum absolute atomic E-state index is 0.0988. The van der Waals surface area contributed by atoms with Crippen LogP contribution in [-0.4, -0.2) is 44.7 Å². The maximum absolute atomic E-state index is 12.5. The molecule has 1 saturated heterocycles. The summed E-state index contributed by atoms with van der Waals surface area (Å²) >= 11 is 0. The molecule has 110 valence electrons. The summed E-state index contributed by atoms with van der Waals surface area (Å²) in [7, 11) is 3.73. The van der Waals surface area contributed by atoms with Gasteiger partial charge in [0.25, 0.3) is 0 Å². The number of rotatable bonds is 4. The molecule has 4 nitrogen and oxygen atoms in total. The average Bonchev–Trinajstić information content (AvgIpc) is 2.49. The van der Waals surface area contributed by atoms with Crippen LogP contribution < -0.4 is 4.74 Å². The third kappa shape index (κ3) is 2.80. The number of methoxy groups -OCH3 is 1. The van der Waals surface area contributed by atoms with Crippen LogP contribution in [0, 0.1) is 0 Å². The fourth-order valence-electron chi connectivity index (χ4n) is 2.79. The Morgan fingerprint density at radius 2 is 1.85 bits per heavy atom. The molecule has 1 aromatic carbocycles. The molecular weight excluding hydrogens is 254 g/mol. The molecule has 0 N–H and O–H groups in total. The summed E-state index contributed by atoms with van der Waals surface area (Å²) in [6.07, 6.45) is 1.60.